The average Bonchev–Trinajstić information content (AvgIpc) is 3.21. The van der Waals surface area contributed by atoms with E-state index < -0.39 is 5.63 Å². The Morgan fingerprint density at radius 1 is 1.32 bits per heavy atom. The van der Waals surface area contributed by atoms with E-state index in [2.05, 4.69) is 35.7 Å². The second-order valence-electron chi connectivity index (χ2n) is 9.91. The van der Waals surface area contributed by atoms with Gasteiger partial charge in [0.2, 0.25) is 5.89 Å². The van der Waals surface area contributed by atoms with Crippen molar-refractivity contribution >= 4 is 16.7 Å². The molecule has 34 heavy (non-hydrogen) atoms. The lowest BCUT2D eigenvalue weighted by atomic mass is 9.75. The van der Waals surface area contributed by atoms with Crippen molar-refractivity contribution in [1.29, 1.82) is 0 Å². The van der Waals surface area contributed by atoms with Gasteiger partial charge in [0.05, 0.1) is 29.7 Å². The Morgan fingerprint density at radius 3 is 2.85 bits per heavy atom. The molecule has 0 amide bonds. The Balaban J connectivity index is 1.60. The number of benzene rings is 1. The maximum absolute atomic E-state index is 13.0. The number of aliphatic hydroxyl groups is 1. The first-order valence-corrected chi connectivity index (χ1v) is 11.9. The summed E-state index contributed by atoms with van der Waals surface area (Å²) in [4.78, 5) is 27.0. The highest BCUT2D eigenvalue weighted by molar-refractivity contribution is 5.84. The fraction of sp³-hybridized carbons (Fsp3) is 0.500. The number of methoxy groups -OCH3 is 1. The normalized spacial score (nSPS) is 27.2. The molecule has 1 N–H and O–H groups in total. The third kappa shape index (κ3) is 3.47. The maximum Gasteiger partial charge on any atom is 0.347 e. The minimum Gasteiger partial charge on any atom is -0.497 e. The second kappa shape index (κ2) is 8.36. The molecule has 2 aromatic heterocycles. The molecule has 0 aliphatic carbocycles. The van der Waals surface area contributed by atoms with E-state index in [1.165, 1.54) is 0 Å². The summed E-state index contributed by atoms with van der Waals surface area (Å²) in [6, 6.07) is 7.32. The van der Waals surface area contributed by atoms with Crippen LogP contribution in [0.1, 0.15) is 26.3 Å². The van der Waals surface area contributed by atoms with Crippen LogP contribution >= 0.6 is 0 Å². The standard InChI is InChI=1S/C26H32N4O4/c1-6-16-10-17(33-5)11-20-21(16)25(32)34-24(28-20)18-8-7-9-27-23(18)30-13-19-22(31)15(2)12-29(4)26(19,3)14-30/h7-11,15,19,22,31H,6,12-14H2,1-5H3. The van der Waals surface area contributed by atoms with Crippen LogP contribution in [0, 0.1) is 11.8 Å². The van der Waals surface area contributed by atoms with Gasteiger partial charge >= 0.3 is 5.63 Å². The number of rotatable bonds is 4. The predicted octanol–water partition coefficient (Wildman–Crippen LogP) is 2.96. The van der Waals surface area contributed by atoms with E-state index in [4.69, 9.17) is 14.1 Å². The van der Waals surface area contributed by atoms with Gasteiger partial charge in [0, 0.05) is 43.4 Å². The Morgan fingerprint density at radius 2 is 2.12 bits per heavy atom. The maximum atomic E-state index is 13.0. The monoisotopic (exact) mass is 464 g/mol. The lowest BCUT2D eigenvalue weighted by molar-refractivity contribution is -0.0644. The van der Waals surface area contributed by atoms with E-state index in [1.54, 1.807) is 19.4 Å². The third-order valence-corrected chi connectivity index (χ3v) is 7.88. The van der Waals surface area contributed by atoms with E-state index in [-0.39, 0.29) is 29.4 Å². The van der Waals surface area contributed by atoms with Gasteiger partial charge in [-0.3, -0.25) is 4.90 Å². The number of fused-ring (bicyclic) bond motifs is 2. The lowest BCUT2D eigenvalue weighted by Gasteiger charge is -2.48. The molecule has 0 saturated carbocycles. The Labute approximate surface area is 199 Å². The van der Waals surface area contributed by atoms with Crippen LogP contribution in [0.15, 0.2) is 39.7 Å². The lowest BCUT2D eigenvalue weighted by Crippen LogP contribution is -2.61. The molecule has 8 nitrogen and oxygen atoms in total. The minimum absolute atomic E-state index is 0.0871. The van der Waals surface area contributed by atoms with E-state index in [1.807, 2.05) is 25.1 Å². The van der Waals surface area contributed by atoms with Gasteiger partial charge in [-0.25, -0.2) is 14.8 Å². The van der Waals surface area contributed by atoms with E-state index in [9.17, 15) is 9.90 Å². The van der Waals surface area contributed by atoms with Crippen molar-refractivity contribution in [2.24, 2.45) is 11.8 Å². The Kier molecular flexibility index (Phi) is 5.61. The van der Waals surface area contributed by atoms with Crippen molar-refractivity contribution in [1.82, 2.24) is 14.9 Å². The topological polar surface area (TPSA) is 91.9 Å². The van der Waals surface area contributed by atoms with Crippen molar-refractivity contribution in [3.05, 3.63) is 46.4 Å². The molecule has 0 bridgehead atoms. The number of aryl methyl sites for hydroxylation is 1. The number of likely N-dealkylation sites (N-methyl/N-ethyl adjacent to an activating group) is 1. The number of nitrogens with zero attached hydrogens (tertiary/aromatic N) is 4. The number of pyridine rings is 1. The molecule has 180 valence electrons. The number of hydrogen-bond acceptors (Lipinski definition) is 8. The van der Waals surface area contributed by atoms with E-state index in [0.717, 1.165) is 12.1 Å². The van der Waals surface area contributed by atoms with Crippen molar-refractivity contribution in [3.63, 3.8) is 0 Å². The summed E-state index contributed by atoms with van der Waals surface area (Å²) in [5, 5.41) is 11.5. The smallest absolute Gasteiger partial charge is 0.347 e. The molecule has 4 atom stereocenters. The van der Waals surface area contributed by atoms with Crippen LogP contribution in [-0.2, 0) is 6.42 Å². The van der Waals surface area contributed by atoms with Crippen LogP contribution in [0.5, 0.6) is 5.75 Å². The number of likely N-dealkylation sites (tertiary alicyclic amines) is 1. The average molecular weight is 465 g/mol. The zero-order valence-corrected chi connectivity index (χ0v) is 20.4. The molecular formula is C26H32N4O4. The highest BCUT2D eigenvalue weighted by atomic mass is 16.5. The molecule has 2 saturated heterocycles. The number of piperidine rings is 1. The molecule has 8 heteroatoms. The molecule has 0 radical (unpaired) electrons. The molecular weight excluding hydrogens is 432 g/mol. The summed E-state index contributed by atoms with van der Waals surface area (Å²) in [5.74, 6) is 1.89. The summed E-state index contributed by atoms with van der Waals surface area (Å²) < 4.78 is 11.2. The van der Waals surface area contributed by atoms with Gasteiger partial charge in [0.1, 0.15) is 11.6 Å². The third-order valence-electron chi connectivity index (χ3n) is 7.88. The number of hydrogen-bond donors (Lipinski definition) is 1. The van der Waals surface area contributed by atoms with Gasteiger partial charge in [-0.2, -0.15) is 0 Å². The minimum atomic E-state index is -0.416. The largest absolute Gasteiger partial charge is 0.497 e. The van der Waals surface area contributed by atoms with Gasteiger partial charge in [-0.15, -0.1) is 0 Å². The van der Waals surface area contributed by atoms with Crippen LogP contribution in [-0.4, -0.2) is 65.4 Å². The highest BCUT2D eigenvalue weighted by Crippen LogP contribution is 2.43. The second-order valence-corrected chi connectivity index (χ2v) is 9.91. The van der Waals surface area contributed by atoms with Gasteiger partial charge in [-0.1, -0.05) is 13.8 Å². The fourth-order valence-electron chi connectivity index (χ4n) is 5.77. The zero-order valence-electron chi connectivity index (χ0n) is 20.4. The van der Waals surface area contributed by atoms with Crippen LogP contribution in [0.25, 0.3) is 22.4 Å². The molecule has 2 aliphatic rings. The number of aromatic nitrogens is 2. The van der Waals surface area contributed by atoms with Crippen LogP contribution < -0.4 is 15.3 Å². The summed E-state index contributed by atoms with van der Waals surface area (Å²) >= 11 is 0. The molecule has 2 fully saturated rings. The van der Waals surface area contributed by atoms with Crippen molar-refractivity contribution in [2.45, 2.75) is 38.8 Å². The van der Waals surface area contributed by atoms with Crippen LogP contribution in [0.2, 0.25) is 0 Å². The first-order valence-electron chi connectivity index (χ1n) is 11.9. The van der Waals surface area contributed by atoms with E-state index in [0.29, 0.717) is 47.5 Å². The Bertz CT molecular complexity index is 1290. The molecule has 2 aliphatic heterocycles. The van der Waals surface area contributed by atoms with Gasteiger partial charge in [-0.05, 0) is 50.1 Å². The molecule has 4 unspecified atom stereocenters. The molecule has 4 heterocycles. The molecule has 1 aromatic carbocycles. The molecule has 5 rings (SSSR count). The summed E-state index contributed by atoms with van der Waals surface area (Å²) in [7, 11) is 3.73. The number of anilines is 1. The van der Waals surface area contributed by atoms with Crippen molar-refractivity contribution in [2.75, 3.05) is 38.7 Å². The number of aliphatic hydroxyl groups excluding tert-OH is 1. The van der Waals surface area contributed by atoms with Crippen LogP contribution in [0.4, 0.5) is 5.82 Å². The first-order chi connectivity index (χ1) is 16.3. The summed E-state index contributed by atoms with van der Waals surface area (Å²) in [6.07, 6.45) is 2.03. The predicted molar refractivity (Wildman–Crippen MR) is 131 cm³/mol. The van der Waals surface area contributed by atoms with Crippen molar-refractivity contribution < 1.29 is 14.3 Å². The van der Waals surface area contributed by atoms with Crippen molar-refractivity contribution in [3.8, 4) is 17.2 Å². The summed E-state index contributed by atoms with van der Waals surface area (Å²) in [5.41, 5.74) is 1.46. The van der Waals surface area contributed by atoms with Gasteiger partial charge < -0.3 is 19.2 Å². The fourth-order valence-corrected chi connectivity index (χ4v) is 5.77. The molecule has 0 spiro atoms. The van der Waals surface area contributed by atoms with Crippen LogP contribution in [0.3, 0.4) is 0 Å². The number of ether oxygens (including phenoxy) is 1. The van der Waals surface area contributed by atoms with E-state index >= 15 is 0 Å². The van der Waals surface area contributed by atoms with Gasteiger partial charge in [0.25, 0.3) is 0 Å². The quantitative estimate of drug-likeness (QED) is 0.630. The zero-order chi connectivity index (χ0) is 24.2. The molecule has 3 aromatic rings. The Hall–Kier alpha value is -2.97. The first kappa shape index (κ1) is 22.8. The summed E-state index contributed by atoms with van der Waals surface area (Å²) in [6.45, 7) is 8.53. The SMILES string of the molecule is CCc1cc(OC)cc2nc(-c3cccnc3N3CC4C(O)C(C)CN(C)C4(C)C3)oc(=O)c12. The highest BCUT2D eigenvalue weighted by Gasteiger charge is 2.53. The van der Waals surface area contributed by atoms with Gasteiger partial charge in [0.15, 0.2) is 0 Å².